The van der Waals surface area contributed by atoms with Gasteiger partial charge in [-0.05, 0) is 18.4 Å². The molecule has 0 aromatic heterocycles. The van der Waals surface area contributed by atoms with Crippen molar-refractivity contribution in [3.8, 4) is 0 Å². The third kappa shape index (κ3) is 13.8. The quantitative estimate of drug-likeness (QED) is 0.531. The molecular weight excluding hydrogens is 168 g/mol. The lowest BCUT2D eigenvalue weighted by atomic mass is 10.0. The van der Waals surface area contributed by atoms with Gasteiger partial charge in [0.25, 0.3) is 0 Å². The monoisotopic (exact) mass is 196 g/mol. The Kier molecular flexibility index (Phi) is 24.4. The van der Waals surface area contributed by atoms with Crippen LogP contribution in [-0.4, -0.2) is 0 Å². The smallest absolute Gasteiger partial charge is 0.0219 e. The summed E-state index contributed by atoms with van der Waals surface area (Å²) in [6, 6.07) is 0. The summed E-state index contributed by atoms with van der Waals surface area (Å²) >= 11 is 0. The fraction of sp³-hybridized carbons (Fsp3) is 0.571. The number of rotatable bonds is 3. The summed E-state index contributed by atoms with van der Waals surface area (Å²) in [4.78, 5) is 0. The topological polar surface area (TPSA) is 0 Å². The molecule has 0 fully saturated rings. The van der Waals surface area contributed by atoms with Crippen molar-refractivity contribution in [1.29, 1.82) is 0 Å². The SMILES string of the molecule is C=C/C(=C\C=C/C)C(C)C.CC.CC. The molecule has 0 aromatic rings. The van der Waals surface area contributed by atoms with Crippen LogP contribution in [0.5, 0.6) is 0 Å². The van der Waals surface area contributed by atoms with Gasteiger partial charge in [0, 0.05) is 0 Å². The van der Waals surface area contributed by atoms with Gasteiger partial charge in [-0.15, -0.1) is 0 Å². The number of hydrogen-bond donors (Lipinski definition) is 0. The Morgan fingerprint density at radius 1 is 1.07 bits per heavy atom. The molecule has 84 valence electrons. The Labute approximate surface area is 91.4 Å². The number of allylic oxidation sites excluding steroid dienone is 5. The van der Waals surface area contributed by atoms with Gasteiger partial charge in [0.2, 0.25) is 0 Å². The van der Waals surface area contributed by atoms with Crippen molar-refractivity contribution in [3.05, 3.63) is 36.5 Å². The fourth-order valence-corrected chi connectivity index (χ4v) is 0.704. The van der Waals surface area contributed by atoms with Crippen LogP contribution in [0.15, 0.2) is 36.5 Å². The van der Waals surface area contributed by atoms with Crippen LogP contribution >= 0.6 is 0 Å². The van der Waals surface area contributed by atoms with Crippen LogP contribution in [0.4, 0.5) is 0 Å². The van der Waals surface area contributed by atoms with E-state index in [1.807, 2.05) is 52.8 Å². The van der Waals surface area contributed by atoms with Gasteiger partial charge in [0.05, 0.1) is 0 Å². The highest BCUT2D eigenvalue weighted by Gasteiger charge is 1.94. The van der Waals surface area contributed by atoms with Gasteiger partial charge < -0.3 is 0 Å². The Bertz CT molecular complexity index is 147. The molecule has 0 rings (SSSR count). The minimum atomic E-state index is 0.577. The summed E-state index contributed by atoms with van der Waals surface area (Å²) < 4.78 is 0. The first-order chi connectivity index (χ1) is 6.72. The lowest BCUT2D eigenvalue weighted by Crippen LogP contribution is -1.88. The molecule has 0 aliphatic heterocycles. The molecule has 0 saturated carbocycles. The largest absolute Gasteiger partial charge is 0.0988 e. The molecule has 0 radical (unpaired) electrons. The molecule has 14 heavy (non-hydrogen) atoms. The molecule has 0 atom stereocenters. The van der Waals surface area contributed by atoms with Gasteiger partial charge in [-0.1, -0.05) is 72.4 Å². The molecular formula is C14H28. The summed E-state index contributed by atoms with van der Waals surface area (Å²) in [5.41, 5.74) is 1.29. The van der Waals surface area contributed by atoms with Crippen LogP contribution in [-0.2, 0) is 0 Å². The molecule has 0 aromatic carbocycles. The maximum absolute atomic E-state index is 3.73. The van der Waals surface area contributed by atoms with E-state index >= 15 is 0 Å². The molecule has 0 unspecified atom stereocenters. The zero-order chi connectivity index (χ0) is 12.0. The van der Waals surface area contributed by atoms with Gasteiger partial charge >= 0.3 is 0 Å². The van der Waals surface area contributed by atoms with Crippen LogP contribution < -0.4 is 0 Å². The predicted molar refractivity (Wildman–Crippen MR) is 70.6 cm³/mol. The Morgan fingerprint density at radius 2 is 1.50 bits per heavy atom. The van der Waals surface area contributed by atoms with Gasteiger partial charge in [-0.25, -0.2) is 0 Å². The van der Waals surface area contributed by atoms with Crippen molar-refractivity contribution in [3.63, 3.8) is 0 Å². The molecule has 0 bridgehead atoms. The van der Waals surface area contributed by atoms with E-state index in [2.05, 4.69) is 26.5 Å². The average Bonchev–Trinajstić information content (AvgIpc) is 2.24. The minimum Gasteiger partial charge on any atom is -0.0988 e. The van der Waals surface area contributed by atoms with Gasteiger partial charge in [0.1, 0.15) is 0 Å². The second-order valence-corrected chi connectivity index (χ2v) is 2.55. The van der Waals surface area contributed by atoms with Crippen molar-refractivity contribution < 1.29 is 0 Å². The Morgan fingerprint density at radius 3 is 1.71 bits per heavy atom. The van der Waals surface area contributed by atoms with E-state index < -0.39 is 0 Å². The molecule has 0 heteroatoms. The van der Waals surface area contributed by atoms with Crippen LogP contribution in [0.3, 0.4) is 0 Å². The molecule has 0 aliphatic rings. The van der Waals surface area contributed by atoms with Crippen molar-refractivity contribution >= 4 is 0 Å². The maximum atomic E-state index is 3.73. The first-order valence-corrected chi connectivity index (χ1v) is 5.67. The first-order valence-electron chi connectivity index (χ1n) is 5.67. The summed E-state index contributed by atoms with van der Waals surface area (Å²) in [5.74, 6) is 0.577. The van der Waals surface area contributed by atoms with Crippen molar-refractivity contribution in [2.75, 3.05) is 0 Å². The minimum absolute atomic E-state index is 0.577. The van der Waals surface area contributed by atoms with Crippen LogP contribution in [0.2, 0.25) is 0 Å². The zero-order valence-corrected chi connectivity index (χ0v) is 11.1. The van der Waals surface area contributed by atoms with E-state index in [4.69, 9.17) is 0 Å². The van der Waals surface area contributed by atoms with Crippen LogP contribution in [0.1, 0.15) is 48.5 Å². The highest BCUT2D eigenvalue weighted by molar-refractivity contribution is 5.23. The second-order valence-electron chi connectivity index (χ2n) is 2.55. The van der Waals surface area contributed by atoms with Crippen LogP contribution in [0, 0.1) is 5.92 Å². The molecule has 0 spiro atoms. The third-order valence-electron chi connectivity index (χ3n) is 1.38. The molecule has 0 aliphatic carbocycles. The molecule has 0 saturated heterocycles. The summed E-state index contributed by atoms with van der Waals surface area (Å²) in [5, 5.41) is 0. The first kappa shape index (κ1) is 18.9. The van der Waals surface area contributed by atoms with Crippen LogP contribution in [0.25, 0.3) is 0 Å². The van der Waals surface area contributed by atoms with E-state index in [1.54, 1.807) is 0 Å². The summed E-state index contributed by atoms with van der Waals surface area (Å²) in [7, 11) is 0. The zero-order valence-electron chi connectivity index (χ0n) is 11.1. The number of hydrogen-bond acceptors (Lipinski definition) is 0. The predicted octanol–water partition coefficient (Wildman–Crippen LogP) is 5.38. The maximum Gasteiger partial charge on any atom is -0.0219 e. The second kappa shape index (κ2) is 18.1. The van der Waals surface area contributed by atoms with Gasteiger partial charge in [-0.2, -0.15) is 0 Å². The molecule has 0 N–H and O–H groups in total. The van der Waals surface area contributed by atoms with E-state index in [1.165, 1.54) is 5.57 Å². The van der Waals surface area contributed by atoms with Crippen molar-refractivity contribution in [2.45, 2.75) is 48.5 Å². The fourth-order valence-electron chi connectivity index (χ4n) is 0.704. The van der Waals surface area contributed by atoms with E-state index in [-0.39, 0.29) is 0 Å². The Hall–Kier alpha value is -0.780. The lowest BCUT2D eigenvalue weighted by molar-refractivity contribution is 0.792. The average molecular weight is 196 g/mol. The normalized spacial score (nSPS) is 10.1. The highest BCUT2D eigenvalue weighted by atomic mass is 14.0. The third-order valence-corrected chi connectivity index (χ3v) is 1.38. The van der Waals surface area contributed by atoms with E-state index in [9.17, 15) is 0 Å². The lowest BCUT2D eigenvalue weighted by Gasteiger charge is -2.02. The summed E-state index contributed by atoms with van der Waals surface area (Å²) in [6.45, 7) is 18.1. The molecule has 0 heterocycles. The molecule has 0 nitrogen and oxygen atoms in total. The van der Waals surface area contributed by atoms with Gasteiger partial charge in [0.15, 0.2) is 0 Å². The molecule has 0 amide bonds. The van der Waals surface area contributed by atoms with E-state index in [0.29, 0.717) is 5.92 Å². The van der Waals surface area contributed by atoms with Crippen molar-refractivity contribution in [1.82, 2.24) is 0 Å². The standard InChI is InChI=1S/C10H16.2C2H6/c1-5-7-8-10(6-2)9(3)4;2*1-2/h5-9H,2H2,1,3-4H3;2*1-2H3/b7-5-,10-8+;;. The highest BCUT2D eigenvalue weighted by Crippen LogP contribution is 2.09. The van der Waals surface area contributed by atoms with Gasteiger partial charge in [-0.3, -0.25) is 0 Å². The Balaban J connectivity index is -0.000000266. The van der Waals surface area contributed by atoms with Crippen molar-refractivity contribution in [2.24, 2.45) is 5.92 Å². The summed E-state index contributed by atoms with van der Waals surface area (Å²) in [6.07, 6.45) is 8.06. The van der Waals surface area contributed by atoms with E-state index in [0.717, 1.165) is 0 Å².